The summed E-state index contributed by atoms with van der Waals surface area (Å²) in [6.07, 6.45) is 1.33. The smallest absolute Gasteiger partial charge is 0.277 e. The molecule has 8 nitrogen and oxygen atoms in total. The summed E-state index contributed by atoms with van der Waals surface area (Å²) in [4.78, 5) is 16.3. The van der Waals surface area contributed by atoms with Crippen LogP contribution >= 0.6 is 34.2 Å². The van der Waals surface area contributed by atoms with Gasteiger partial charge in [-0.25, -0.2) is 22.7 Å². The summed E-state index contributed by atoms with van der Waals surface area (Å²) in [5, 5.41) is 2.71. The van der Waals surface area contributed by atoms with E-state index in [2.05, 4.69) is 16.6 Å². The number of anilines is 2. The number of hydrogen-bond acceptors (Lipinski definition) is 6. The Morgan fingerprint density at radius 3 is 2.61 bits per heavy atom. The summed E-state index contributed by atoms with van der Waals surface area (Å²) >= 11 is 8.13. The van der Waals surface area contributed by atoms with Gasteiger partial charge in [-0.15, -0.1) is 6.58 Å². The number of ether oxygens (including phenoxy) is 1. The molecule has 2 rings (SSSR count). The minimum absolute atomic E-state index is 0.0817. The predicted molar refractivity (Wildman–Crippen MR) is 120 cm³/mol. The zero-order chi connectivity index (χ0) is 23.2. The maximum absolute atomic E-state index is 15.0. The van der Waals surface area contributed by atoms with E-state index in [4.69, 9.17) is 16.4 Å². The van der Waals surface area contributed by atoms with Crippen LogP contribution in [0.25, 0.3) is 0 Å². The summed E-state index contributed by atoms with van der Waals surface area (Å²) in [6, 6.07) is 5.36. The first-order valence-corrected chi connectivity index (χ1v) is 11.3. The largest absolute Gasteiger partial charge is 0.369 e. The third kappa shape index (κ3) is 6.33. The summed E-state index contributed by atoms with van der Waals surface area (Å²) in [5.74, 6) is -4.34. The number of carbonyl (C=O) groups excluding carboxylic acids is 1. The second-order valence-corrected chi connectivity index (χ2v) is 9.17. The summed E-state index contributed by atoms with van der Waals surface area (Å²) in [5.41, 5.74) is 0.987. The van der Waals surface area contributed by atoms with Crippen molar-refractivity contribution in [2.45, 2.75) is 4.90 Å². The Bertz CT molecular complexity index is 1100. The molecular weight excluding hydrogens is 571 g/mol. The van der Waals surface area contributed by atoms with E-state index >= 15 is 0 Å². The highest BCUT2D eigenvalue weighted by Gasteiger charge is 2.29. The maximum Gasteiger partial charge on any atom is 0.277 e. The number of benzene rings is 2. The van der Waals surface area contributed by atoms with Crippen LogP contribution in [0.5, 0.6) is 0 Å². The molecule has 0 spiro atoms. The van der Waals surface area contributed by atoms with Crippen LogP contribution in [0.1, 0.15) is 10.4 Å². The molecule has 0 radical (unpaired) electrons. The van der Waals surface area contributed by atoms with E-state index < -0.39 is 50.4 Å². The van der Waals surface area contributed by atoms with E-state index in [0.29, 0.717) is 6.07 Å². The van der Waals surface area contributed by atoms with Gasteiger partial charge in [0, 0.05) is 10.7 Å². The van der Waals surface area contributed by atoms with E-state index in [1.165, 1.54) is 19.3 Å². The molecule has 0 unspecified atom stereocenters. The predicted octanol–water partition coefficient (Wildman–Crippen LogP) is 3.70. The highest BCUT2D eigenvalue weighted by Crippen LogP contribution is 2.33. The Morgan fingerprint density at radius 2 is 2.00 bits per heavy atom. The topological polar surface area (TPSA) is 106 Å². The van der Waals surface area contributed by atoms with Gasteiger partial charge < -0.3 is 10.1 Å². The molecule has 13 heteroatoms. The number of hydrogen-bond donors (Lipinski definition) is 3. The fraction of sp³-hybridized carbons (Fsp3) is 0.167. The van der Waals surface area contributed by atoms with Crippen molar-refractivity contribution >= 4 is 61.5 Å². The van der Waals surface area contributed by atoms with Gasteiger partial charge in [0.25, 0.3) is 5.91 Å². The van der Waals surface area contributed by atoms with Crippen molar-refractivity contribution in [2.24, 2.45) is 0 Å². The molecule has 168 valence electrons. The molecule has 0 aliphatic carbocycles. The quantitative estimate of drug-likeness (QED) is 0.129. The SMILES string of the molecule is C=CCONC(=O)c1cc(S(=O)(=O)NCOC)c(F)c(F)c1Nc1ccc(I)cc1Cl. The standard InChI is InChI=1S/C18H17ClF2IN3O5S/c1-3-6-30-25-18(26)11-8-14(31(27,28)23-9-29-2)15(20)16(21)17(11)24-13-5-4-10(22)7-12(13)19/h3-5,7-8,23-24H,1,6,9H2,2H3,(H,25,26). The first kappa shape index (κ1) is 25.4. The second kappa shape index (κ2) is 11.2. The van der Waals surface area contributed by atoms with Crippen LogP contribution in [0.4, 0.5) is 20.2 Å². The molecule has 31 heavy (non-hydrogen) atoms. The van der Waals surface area contributed by atoms with Gasteiger partial charge in [-0.05, 0) is 46.9 Å². The molecule has 0 saturated heterocycles. The molecule has 0 saturated carbocycles. The van der Waals surface area contributed by atoms with Gasteiger partial charge in [0.05, 0.1) is 28.6 Å². The van der Waals surface area contributed by atoms with Crippen LogP contribution < -0.4 is 15.5 Å². The summed E-state index contributed by atoms with van der Waals surface area (Å²) < 4.78 is 61.7. The third-order valence-electron chi connectivity index (χ3n) is 3.66. The van der Waals surface area contributed by atoms with Crippen LogP contribution in [0.3, 0.4) is 0 Å². The Balaban J connectivity index is 2.62. The number of rotatable bonds is 10. The number of halogens is 4. The number of sulfonamides is 1. The first-order chi connectivity index (χ1) is 14.6. The van der Waals surface area contributed by atoms with E-state index in [9.17, 15) is 22.0 Å². The second-order valence-electron chi connectivity index (χ2n) is 5.79. The number of amides is 1. The number of methoxy groups -OCH3 is 1. The molecule has 3 N–H and O–H groups in total. The number of carbonyl (C=O) groups is 1. The molecule has 0 aliphatic rings. The third-order valence-corrected chi connectivity index (χ3v) is 6.02. The maximum atomic E-state index is 15.0. The molecule has 2 aromatic carbocycles. The lowest BCUT2D eigenvalue weighted by Crippen LogP contribution is -2.29. The van der Waals surface area contributed by atoms with Gasteiger partial charge in [0.2, 0.25) is 10.0 Å². The lowest BCUT2D eigenvalue weighted by atomic mass is 10.1. The average Bonchev–Trinajstić information content (AvgIpc) is 2.71. The number of nitrogens with one attached hydrogen (secondary N) is 3. The molecular formula is C18H17ClF2IN3O5S. The van der Waals surface area contributed by atoms with Gasteiger partial charge in [-0.3, -0.25) is 9.63 Å². The van der Waals surface area contributed by atoms with Gasteiger partial charge in [-0.1, -0.05) is 17.7 Å². The van der Waals surface area contributed by atoms with Crippen molar-refractivity contribution in [2.75, 3.05) is 25.8 Å². The minimum atomic E-state index is -4.54. The van der Waals surface area contributed by atoms with Crippen molar-refractivity contribution in [3.63, 3.8) is 0 Å². The Morgan fingerprint density at radius 1 is 1.29 bits per heavy atom. The lowest BCUT2D eigenvalue weighted by Gasteiger charge is -2.17. The van der Waals surface area contributed by atoms with Crippen molar-refractivity contribution in [1.29, 1.82) is 0 Å². The van der Waals surface area contributed by atoms with Crippen molar-refractivity contribution in [3.8, 4) is 0 Å². The fourth-order valence-corrected chi connectivity index (χ4v) is 4.19. The van der Waals surface area contributed by atoms with Gasteiger partial charge >= 0.3 is 0 Å². The van der Waals surface area contributed by atoms with E-state index in [-0.39, 0.29) is 17.3 Å². The fourth-order valence-electron chi connectivity index (χ4n) is 2.26. The van der Waals surface area contributed by atoms with Crippen LogP contribution in [0.2, 0.25) is 5.02 Å². The van der Waals surface area contributed by atoms with Crippen molar-refractivity contribution in [1.82, 2.24) is 10.2 Å². The minimum Gasteiger partial charge on any atom is -0.369 e. The molecule has 0 atom stereocenters. The van der Waals surface area contributed by atoms with Gasteiger partial charge in [0.1, 0.15) is 11.6 Å². The van der Waals surface area contributed by atoms with Gasteiger partial charge in [-0.2, -0.15) is 4.72 Å². The Kier molecular flexibility index (Phi) is 9.14. The van der Waals surface area contributed by atoms with Crippen LogP contribution in [-0.4, -0.2) is 34.8 Å². The summed E-state index contributed by atoms with van der Waals surface area (Å²) in [7, 11) is -3.34. The van der Waals surface area contributed by atoms with E-state index in [1.807, 2.05) is 32.8 Å². The first-order valence-electron chi connectivity index (χ1n) is 8.38. The van der Waals surface area contributed by atoms with Crippen molar-refractivity contribution in [3.05, 3.63) is 62.7 Å². The normalized spacial score (nSPS) is 11.3. The monoisotopic (exact) mass is 587 g/mol. The molecule has 0 fully saturated rings. The molecule has 0 heterocycles. The zero-order valence-corrected chi connectivity index (χ0v) is 19.7. The molecule has 0 aromatic heterocycles. The van der Waals surface area contributed by atoms with Crippen LogP contribution in [0.15, 0.2) is 41.8 Å². The molecule has 0 aliphatic heterocycles. The van der Waals surface area contributed by atoms with Gasteiger partial charge in [0.15, 0.2) is 11.6 Å². The lowest BCUT2D eigenvalue weighted by molar-refractivity contribution is 0.0422. The Labute approximate surface area is 196 Å². The van der Waals surface area contributed by atoms with E-state index in [0.717, 1.165) is 3.57 Å². The van der Waals surface area contributed by atoms with Crippen LogP contribution in [-0.2, 0) is 19.6 Å². The molecule has 2 aromatic rings. The zero-order valence-electron chi connectivity index (χ0n) is 16.0. The van der Waals surface area contributed by atoms with Crippen LogP contribution in [0, 0.1) is 15.2 Å². The number of hydroxylamine groups is 1. The Hall–Kier alpha value is -1.84. The summed E-state index contributed by atoms with van der Waals surface area (Å²) in [6.45, 7) is 2.83. The molecule has 1 amide bonds. The highest BCUT2D eigenvalue weighted by molar-refractivity contribution is 14.1. The molecule has 0 bridgehead atoms. The van der Waals surface area contributed by atoms with Crippen molar-refractivity contribution < 1.29 is 31.6 Å². The highest BCUT2D eigenvalue weighted by atomic mass is 127. The average molecular weight is 588 g/mol. The van der Waals surface area contributed by atoms with E-state index in [1.54, 1.807) is 12.1 Å².